The highest BCUT2D eigenvalue weighted by molar-refractivity contribution is 5.98. The van der Waals surface area contributed by atoms with E-state index in [2.05, 4.69) is 56.5 Å². The highest BCUT2D eigenvalue weighted by atomic mass is 16.4. The molecule has 26 nitrogen and oxygen atoms in total. The SMILES string of the molecule is CN1c2c(nc(N)[nH]c2=O)NC[C@@H]1CNc1ccc(C(=O)NC(CC(C(=O)O)C(CC(=O)O)C(NC(=O)c2ccc(NCc3cnc4nc(N)[nH]c(=O)c4n3)cc2)C(=O)O)C(=O)O)cc1. The maximum atomic E-state index is 13.3. The number of nitrogens with two attached hydrogens (primary N) is 2. The molecule has 65 heavy (non-hydrogen) atoms. The number of carboxylic acid groups (broad SMARTS) is 4. The largest absolute Gasteiger partial charge is 0.481 e. The zero-order valence-electron chi connectivity index (χ0n) is 34.1. The van der Waals surface area contributed by atoms with Gasteiger partial charge in [-0.2, -0.15) is 9.97 Å². The molecule has 0 aliphatic carbocycles. The second-order valence-electron chi connectivity index (χ2n) is 14.8. The topological polar surface area (TPSA) is 416 Å². The first-order valence-corrected chi connectivity index (χ1v) is 19.5. The quantitative estimate of drug-likeness (QED) is 0.0480. The molecule has 26 heteroatoms. The third-order valence-corrected chi connectivity index (χ3v) is 10.4. The van der Waals surface area contributed by atoms with Gasteiger partial charge in [0.15, 0.2) is 17.0 Å². The molecule has 15 N–H and O–H groups in total. The number of carbonyl (C=O) groups is 6. The van der Waals surface area contributed by atoms with Crippen molar-refractivity contribution >= 4 is 81.6 Å². The van der Waals surface area contributed by atoms with Crippen molar-refractivity contribution < 1.29 is 49.2 Å². The first-order valence-electron chi connectivity index (χ1n) is 19.5. The maximum absolute atomic E-state index is 13.3. The van der Waals surface area contributed by atoms with E-state index >= 15 is 0 Å². The lowest BCUT2D eigenvalue weighted by Crippen LogP contribution is -2.52. The molecule has 5 aromatic rings. The number of likely N-dealkylation sites (N-methyl/N-ethyl adjacent to an activating group) is 1. The Morgan fingerprint density at radius 3 is 1.98 bits per heavy atom. The summed E-state index contributed by atoms with van der Waals surface area (Å²) in [6.07, 6.45) is -0.721. The van der Waals surface area contributed by atoms with E-state index in [-0.39, 0.29) is 46.8 Å². The maximum Gasteiger partial charge on any atom is 0.326 e. The third kappa shape index (κ3) is 11.0. The predicted molar refractivity (Wildman–Crippen MR) is 230 cm³/mol. The van der Waals surface area contributed by atoms with Crippen LogP contribution in [0.1, 0.15) is 39.3 Å². The second kappa shape index (κ2) is 19.5. The van der Waals surface area contributed by atoms with E-state index in [1.807, 2.05) is 0 Å². The van der Waals surface area contributed by atoms with E-state index in [9.17, 15) is 58.8 Å². The average molecular weight is 899 g/mol. The molecule has 0 saturated carbocycles. The summed E-state index contributed by atoms with van der Waals surface area (Å²) in [5.41, 5.74) is 11.7. The van der Waals surface area contributed by atoms with Crippen LogP contribution in [-0.4, -0.2) is 124 Å². The summed E-state index contributed by atoms with van der Waals surface area (Å²) in [7, 11) is 1.72. The third-order valence-electron chi connectivity index (χ3n) is 10.4. The van der Waals surface area contributed by atoms with Crippen LogP contribution in [0.25, 0.3) is 11.2 Å². The minimum Gasteiger partial charge on any atom is -0.481 e. The zero-order valence-corrected chi connectivity index (χ0v) is 34.1. The molecule has 4 heterocycles. The molecule has 0 fully saturated rings. The van der Waals surface area contributed by atoms with E-state index in [1.54, 1.807) is 11.9 Å². The standard InChI is InChI=1S/C39H42N14O12/c1-53-21(15-45-30-28(53)34(59)52-39(41)50-30)14-43-19-8-2-16(3-9-19)31(56)47-24(36(62)63)10-23(35(60)61)22(11-25(54)55)26(37(64)65)48-32(57)17-4-6-18(7-5-17)42-12-20-13-44-29-27(46-20)33(58)51-38(40)49-29/h2-9,13,21-24,26,42-43H,10-12,14-15H2,1H3,(H,47,56)(H,48,57)(H,54,55)(H,60,61)(H,62,63)(H,64,65)(H3,40,44,49,51,58)(H4,41,45,50,52,59)/t21-,22?,23?,24?,26?/m0/s1. The highest BCUT2D eigenvalue weighted by Crippen LogP contribution is 2.28. The van der Waals surface area contributed by atoms with E-state index in [0.29, 0.717) is 41.7 Å². The lowest BCUT2D eigenvalue weighted by Gasteiger charge is -2.35. The number of rotatable bonds is 19. The summed E-state index contributed by atoms with van der Waals surface area (Å²) in [4.78, 5) is 124. The van der Waals surface area contributed by atoms with Crippen LogP contribution in [0.4, 0.5) is 34.8 Å². The summed E-state index contributed by atoms with van der Waals surface area (Å²) in [6.45, 7) is 0.816. The summed E-state index contributed by atoms with van der Waals surface area (Å²) in [5, 5.41) is 53.9. The normalized spacial score (nSPS) is 15.0. The van der Waals surface area contributed by atoms with Crippen molar-refractivity contribution in [2.75, 3.05) is 52.5 Å². The van der Waals surface area contributed by atoms with E-state index in [1.165, 1.54) is 54.7 Å². The van der Waals surface area contributed by atoms with Gasteiger partial charge >= 0.3 is 23.9 Å². The lowest BCUT2D eigenvalue weighted by molar-refractivity contribution is -0.150. The Bertz CT molecular complexity index is 2770. The summed E-state index contributed by atoms with van der Waals surface area (Å²) >= 11 is 0. The van der Waals surface area contributed by atoms with Crippen LogP contribution in [0.2, 0.25) is 0 Å². The molecule has 0 radical (unpaired) electrons. The number of aromatic nitrogens is 6. The smallest absolute Gasteiger partial charge is 0.326 e. The molecule has 6 rings (SSSR count). The van der Waals surface area contributed by atoms with Gasteiger partial charge in [-0.25, -0.2) is 19.6 Å². The average Bonchev–Trinajstić information content (AvgIpc) is 3.25. The van der Waals surface area contributed by atoms with Crippen LogP contribution in [0.15, 0.2) is 64.3 Å². The number of aromatic amines is 2. The van der Waals surface area contributed by atoms with Gasteiger partial charge in [0.1, 0.15) is 17.8 Å². The van der Waals surface area contributed by atoms with Gasteiger partial charge in [-0.3, -0.25) is 38.7 Å². The Kier molecular flexibility index (Phi) is 13.7. The van der Waals surface area contributed by atoms with Crippen LogP contribution in [0, 0.1) is 11.8 Å². The number of nitrogens with one attached hydrogen (secondary N) is 7. The fourth-order valence-electron chi connectivity index (χ4n) is 7.09. The molecule has 4 unspecified atom stereocenters. The van der Waals surface area contributed by atoms with Crippen LogP contribution in [-0.2, 0) is 25.7 Å². The van der Waals surface area contributed by atoms with Crippen molar-refractivity contribution in [3.05, 3.63) is 92.3 Å². The summed E-state index contributed by atoms with van der Waals surface area (Å²) in [5.74, 6) is -12.7. The van der Waals surface area contributed by atoms with Crippen molar-refractivity contribution in [2.45, 2.75) is 37.5 Å². The first-order chi connectivity index (χ1) is 30.9. The fourth-order valence-corrected chi connectivity index (χ4v) is 7.09. The molecule has 0 bridgehead atoms. The molecule has 2 aromatic carbocycles. The number of hydrogen-bond donors (Lipinski definition) is 13. The number of nitrogens with zero attached hydrogens (tertiary/aromatic N) is 5. The van der Waals surface area contributed by atoms with Crippen molar-refractivity contribution in [1.82, 2.24) is 40.5 Å². The molecule has 340 valence electrons. The van der Waals surface area contributed by atoms with Gasteiger partial charge in [-0.05, 0) is 55.0 Å². The number of amides is 2. The van der Waals surface area contributed by atoms with Crippen LogP contribution < -0.4 is 54.1 Å². The number of benzene rings is 2. The molecule has 0 saturated heterocycles. The van der Waals surface area contributed by atoms with E-state index < -0.39 is 83.6 Å². The van der Waals surface area contributed by atoms with Gasteiger partial charge < -0.3 is 63.4 Å². The van der Waals surface area contributed by atoms with Crippen molar-refractivity contribution in [1.29, 1.82) is 0 Å². The van der Waals surface area contributed by atoms with Crippen LogP contribution in [0.5, 0.6) is 0 Å². The van der Waals surface area contributed by atoms with Crippen LogP contribution >= 0.6 is 0 Å². The van der Waals surface area contributed by atoms with E-state index in [0.717, 1.165) is 0 Å². The minimum absolute atomic E-state index is 0.0314. The van der Waals surface area contributed by atoms with Gasteiger partial charge in [0.05, 0.1) is 36.8 Å². The van der Waals surface area contributed by atoms with Gasteiger partial charge in [0.2, 0.25) is 11.9 Å². The number of aliphatic carboxylic acids is 4. The minimum atomic E-state index is -2.16. The fraction of sp³-hybridized carbons (Fsp3) is 0.282. The Labute approximate surface area is 364 Å². The molecule has 0 spiro atoms. The molecular weight excluding hydrogens is 857 g/mol. The predicted octanol–water partition coefficient (Wildman–Crippen LogP) is -0.837. The number of anilines is 6. The van der Waals surface area contributed by atoms with Gasteiger partial charge in [0, 0.05) is 48.6 Å². The monoisotopic (exact) mass is 898 g/mol. The number of carboxylic acids is 4. The van der Waals surface area contributed by atoms with Crippen molar-refractivity contribution in [3.63, 3.8) is 0 Å². The Hall–Kier alpha value is -8.84. The Morgan fingerprint density at radius 1 is 0.785 bits per heavy atom. The Morgan fingerprint density at radius 2 is 1.38 bits per heavy atom. The van der Waals surface area contributed by atoms with Gasteiger partial charge in [0.25, 0.3) is 22.9 Å². The molecule has 5 atom stereocenters. The summed E-state index contributed by atoms with van der Waals surface area (Å²) in [6, 6.07) is 6.94. The number of fused-ring (bicyclic) bond motifs is 2. The molecule has 1 aliphatic heterocycles. The highest BCUT2D eigenvalue weighted by Gasteiger charge is 2.43. The number of nitrogen functional groups attached to an aromatic ring is 2. The number of carbonyl (C=O) groups excluding carboxylic acids is 2. The zero-order chi connectivity index (χ0) is 47.1. The lowest BCUT2D eigenvalue weighted by atomic mass is 9.79. The number of hydrogen-bond acceptors (Lipinski definition) is 18. The summed E-state index contributed by atoms with van der Waals surface area (Å²) < 4.78 is 0. The van der Waals surface area contributed by atoms with Crippen molar-refractivity contribution in [2.24, 2.45) is 11.8 Å². The number of H-pyrrole nitrogens is 2. The van der Waals surface area contributed by atoms with Crippen LogP contribution in [0.3, 0.4) is 0 Å². The first kappa shape index (κ1) is 45.7. The van der Waals surface area contributed by atoms with E-state index in [4.69, 9.17) is 11.5 Å². The molecule has 1 aliphatic rings. The van der Waals surface area contributed by atoms with Crippen molar-refractivity contribution in [3.8, 4) is 0 Å². The molecule has 2 amide bonds. The van der Waals surface area contributed by atoms with Gasteiger partial charge in [-0.1, -0.05) is 0 Å². The molecule has 3 aromatic heterocycles. The molecular formula is C39H42N14O12. The van der Waals surface area contributed by atoms with Gasteiger partial charge in [-0.15, -0.1) is 0 Å². The Balaban J connectivity index is 1.09. The second-order valence-corrected chi connectivity index (χ2v) is 14.8.